The van der Waals surface area contributed by atoms with Crippen LogP contribution in [0, 0.1) is 6.92 Å². The maximum Gasteiger partial charge on any atom is 0.332 e. The van der Waals surface area contributed by atoms with Crippen molar-refractivity contribution in [3.8, 4) is 11.5 Å². The van der Waals surface area contributed by atoms with Crippen LogP contribution < -0.4 is 10.1 Å². The fourth-order valence-corrected chi connectivity index (χ4v) is 3.02. The number of rotatable bonds is 2. The normalized spacial score (nSPS) is 17.7. The van der Waals surface area contributed by atoms with Gasteiger partial charge < -0.3 is 19.9 Å². The molecule has 5 heteroatoms. The molecule has 0 spiro atoms. The molecule has 27 heavy (non-hydrogen) atoms. The van der Waals surface area contributed by atoms with Crippen molar-refractivity contribution >= 4 is 11.7 Å². The first-order valence-corrected chi connectivity index (χ1v) is 8.86. The number of phenolic OH excluding ortho intramolecular Hbond substituents is 1. The van der Waals surface area contributed by atoms with E-state index < -0.39 is 12.1 Å². The summed E-state index contributed by atoms with van der Waals surface area (Å²) in [5, 5.41) is 13.6. The molecule has 1 unspecified atom stereocenters. The van der Waals surface area contributed by atoms with E-state index >= 15 is 0 Å². The van der Waals surface area contributed by atoms with Gasteiger partial charge in [-0.3, -0.25) is 0 Å². The maximum absolute atomic E-state index is 11.9. The molecule has 2 N–H and O–H groups in total. The number of anilines is 1. The van der Waals surface area contributed by atoms with E-state index in [9.17, 15) is 9.90 Å². The first-order chi connectivity index (χ1) is 12.7. The summed E-state index contributed by atoms with van der Waals surface area (Å²) in [6.07, 6.45) is 0.719. The van der Waals surface area contributed by atoms with Crippen LogP contribution in [0.2, 0.25) is 0 Å². The van der Waals surface area contributed by atoms with Gasteiger partial charge >= 0.3 is 5.97 Å². The largest absolute Gasteiger partial charge is 0.508 e. The highest BCUT2D eigenvalue weighted by atomic mass is 16.5. The minimum absolute atomic E-state index is 0.0193. The summed E-state index contributed by atoms with van der Waals surface area (Å²) in [6, 6.07) is 11.3. The van der Waals surface area contributed by atoms with Crippen molar-refractivity contribution in [2.24, 2.45) is 0 Å². The van der Waals surface area contributed by atoms with Crippen LogP contribution in [0.25, 0.3) is 0 Å². The number of aromatic hydroxyl groups is 1. The molecule has 3 rings (SSSR count). The zero-order chi connectivity index (χ0) is 19.8. The predicted molar refractivity (Wildman–Crippen MR) is 105 cm³/mol. The van der Waals surface area contributed by atoms with Crippen molar-refractivity contribution in [1.29, 1.82) is 0 Å². The third-order valence-corrected chi connectivity index (χ3v) is 4.59. The molecule has 0 amide bonds. The highest BCUT2D eigenvalue weighted by Crippen LogP contribution is 2.43. The second-order valence-electron chi connectivity index (χ2n) is 7.77. The number of nitrogens with one attached hydrogen (secondary N) is 1. The molecule has 2 aromatic rings. The molecule has 0 radical (unpaired) electrons. The maximum atomic E-state index is 11.9. The van der Waals surface area contributed by atoms with Gasteiger partial charge in [-0.25, -0.2) is 4.79 Å². The molecular formula is C22H25NO4. The number of phenols is 1. The van der Waals surface area contributed by atoms with E-state index in [4.69, 9.17) is 9.47 Å². The third-order valence-electron chi connectivity index (χ3n) is 4.59. The van der Waals surface area contributed by atoms with Crippen LogP contribution in [0.4, 0.5) is 5.69 Å². The SMILES string of the molecule is COC(=O)/C=C1\Nc2cc(C(C)(C)C)ccc2OC1c1cc(C)ccc1O. The van der Waals surface area contributed by atoms with Gasteiger partial charge in [0.1, 0.15) is 11.5 Å². The standard InChI is InChI=1S/C22H25NO4/c1-13-6-8-18(24)15(10-13)21-17(12-20(25)26-5)23-16-11-14(22(2,3)4)7-9-19(16)27-21/h6-12,21,23-24H,1-5H3/b17-12-. The lowest BCUT2D eigenvalue weighted by molar-refractivity contribution is -0.134. The fourth-order valence-electron chi connectivity index (χ4n) is 3.02. The first kappa shape index (κ1) is 18.8. The second-order valence-corrected chi connectivity index (χ2v) is 7.77. The summed E-state index contributed by atoms with van der Waals surface area (Å²) in [6.45, 7) is 8.35. The minimum Gasteiger partial charge on any atom is -0.508 e. The van der Waals surface area contributed by atoms with Crippen molar-refractivity contribution < 1.29 is 19.4 Å². The summed E-state index contributed by atoms with van der Waals surface area (Å²) in [5.74, 6) is 0.280. The van der Waals surface area contributed by atoms with Gasteiger partial charge in [0.05, 0.1) is 18.5 Å². The average molecular weight is 367 g/mol. The Balaban J connectivity index is 2.10. The number of hydrogen-bond acceptors (Lipinski definition) is 5. The molecule has 0 saturated heterocycles. The lowest BCUT2D eigenvalue weighted by atomic mass is 9.86. The Kier molecular flexibility index (Phi) is 4.87. The number of fused-ring (bicyclic) bond motifs is 1. The molecule has 0 bridgehead atoms. The van der Waals surface area contributed by atoms with Gasteiger partial charge in [-0.05, 0) is 42.2 Å². The number of ether oxygens (including phenoxy) is 2. The van der Waals surface area contributed by atoms with Crippen LogP contribution in [0.15, 0.2) is 48.2 Å². The minimum atomic E-state index is -0.642. The fraction of sp³-hybridized carbons (Fsp3) is 0.318. The number of aryl methyl sites for hydroxylation is 1. The van der Waals surface area contributed by atoms with E-state index in [-0.39, 0.29) is 11.2 Å². The van der Waals surface area contributed by atoms with Gasteiger partial charge in [0.15, 0.2) is 6.10 Å². The molecular weight excluding hydrogens is 342 g/mol. The highest BCUT2D eigenvalue weighted by Gasteiger charge is 2.30. The third kappa shape index (κ3) is 3.92. The van der Waals surface area contributed by atoms with Crippen LogP contribution in [0.1, 0.15) is 43.6 Å². The summed E-state index contributed by atoms with van der Waals surface area (Å²) >= 11 is 0. The Morgan fingerprint density at radius 3 is 2.63 bits per heavy atom. The molecule has 1 aliphatic rings. The van der Waals surface area contributed by atoms with Crippen molar-refractivity contribution in [3.63, 3.8) is 0 Å². The molecule has 0 fully saturated rings. The number of carbonyl (C=O) groups excluding carboxylic acids is 1. The number of carbonyl (C=O) groups is 1. The van der Waals surface area contributed by atoms with E-state index in [1.165, 1.54) is 13.2 Å². The molecule has 1 heterocycles. The highest BCUT2D eigenvalue weighted by molar-refractivity contribution is 5.84. The second kappa shape index (κ2) is 6.99. The van der Waals surface area contributed by atoms with Crippen molar-refractivity contribution in [2.75, 3.05) is 12.4 Å². The van der Waals surface area contributed by atoms with Crippen LogP contribution in [0.3, 0.4) is 0 Å². The lowest BCUT2D eigenvalue weighted by Gasteiger charge is -2.32. The molecule has 0 aromatic heterocycles. The molecule has 5 nitrogen and oxygen atoms in total. The van der Waals surface area contributed by atoms with E-state index in [1.807, 2.05) is 37.3 Å². The Hall–Kier alpha value is -2.95. The number of hydrogen-bond donors (Lipinski definition) is 2. The van der Waals surface area contributed by atoms with Crippen LogP contribution >= 0.6 is 0 Å². The van der Waals surface area contributed by atoms with Gasteiger partial charge in [0.25, 0.3) is 0 Å². The Bertz CT molecular complexity index is 909. The zero-order valence-corrected chi connectivity index (χ0v) is 16.3. The number of methoxy groups -OCH3 is 1. The van der Waals surface area contributed by atoms with E-state index in [1.54, 1.807) is 6.07 Å². The van der Waals surface area contributed by atoms with Crippen molar-refractivity contribution in [2.45, 2.75) is 39.2 Å². The van der Waals surface area contributed by atoms with Gasteiger partial charge in [-0.1, -0.05) is 38.5 Å². The van der Waals surface area contributed by atoms with Crippen LogP contribution in [-0.2, 0) is 14.9 Å². The summed E-state index contributed by atoms with van der Waals surface area (Å²) in [4.78, 5) is 11.9. The van der Waals surface area contributed by atoms with Gasteiger partial charge in [0, 0.05) is 11.6 Å². The molecule has 0 saturated carbocycles. The van der Waals surface area contributed by atoms with E-state index in [0.29, 0.717) is 17.0 Å². The molecule has 1 atom stereocenters. The lowest BCUT2D eigenvalue weighted by Crippen LogP contribution is -2.24. The van der Waals surface area contributed by atoms with E-state index in [2.05, 4.69) is 26.1 Å². The van der Waals surface area contributed by atoms with Gasteiger partial charge in [0.2, 0.25) is 0 Å². The van der Waals surface area contributed by atoms with Crippen molar-refractivity contribution in [3.05, 3.63) is 64.9 Å². The predicted octanol–water partition coefficient (Wildman–Crippen LogP) is 4.60. The quantitative estimate of drug-likeness (QED) is 0.600. The Morgan fingerprint density at radius 1 is 1.22 bits per heavy atom. The summed E-state index contributed by atoms with van der Waals surface area (Å²) in [7, 11) is 1.33. The Labute approximate surface area is 159 Å². The topological polar surface area (TPSA) is 67.8 Å². The average Bonchev–Trinajstić information content (AvgIpc) is 2.62. The monoisotopic (exact) mass is 367 g/mol. The zero-order valence-electron chi connectivity index (χ0n) is 16.3. The van der Waals surface area contributed by atoms with Crippen LogP contribution in [0.5, 0.6) is 11.5 Å². The molecule has 1 aliphatic heterocycles. The smallest absolute Gasteiger partial charge is 0.332 e. The number of benzene rings is 2. The Morgan fingerprint density at radius 2 is 1.96 bits per heavy atom. The summed E-state index contributed by atoms with van der Waals surface area (Å²) < 4.78 is 11.0. The molecule has 2 aromatic carbocycles. The summed E-state index contributed by atoms with van der Waals surface area (Å²) in [5.41, 5.74) is 3.99. The van der Waals surface area contributed by atoms with Crippen LogP contribution in [-0.4, -0.2) is 18.2 Å². The first-order valence-electron chi connectivity index (χ1n) is 8.86. The molecule has 142 valence electrons. The number of esters is 1. The van der Waals surface area contributed by atoms with Gasteiger partial charge in [-0.2, -0.15) is 0 Å². The van der Waals surface area contributed by atoms with Gasteiger partial charge in [-0.15, -0.1) is 0 Å². The molecule has 0 aliphatic carbocycles. The van der Waals surface area contributed by atoms with Crippen molar-refractivity contribution in [1.82, 2.24) is 0 Å². The van der Waals surface area contributed by atoms with E-state index in [0.717, 1.165) is 16.8 Å².